The molecule has 1 unspecified atom stereocenters. The molecule has 0 saturated heterocycles. The zero-order valence-corrected chi connectivity index (χ0v) is 12.6. The third-order valence-corrected chi connectivity index (χ3v) is 3.41. The molecular formula is C15H24ClNO. The van der Waals surface area contributed by atoms with Crippen molar-refractivity contribution in [1.29, 1.82) is 0 Å². The van der Waals surface area contributed by atoms with Gasteiger partial charge in [-0.1, -0.05) is 31.5 Å². The fourth-order valence-electron chi connectivity index (χ4n) is 1.72. The Kier molecular flexibility index (Phi) is 5.97. The van der Waals surface area contributed by atoms with Crippen molar-refractivity contribution in [3.05, 3.63) is 28.8 Å². The van der Waals surface area contributed by atoms with Gasteiger partial charge in [0.05, 0.1) is 5.02 Å². The van der Waals surface area contributed by atoms with E-state index in [1.807, 2.05) is 25.1 Å². The summed E-state index contributed by atoms with van der Waals surface area (Å²) in [7, 11) is 0. The minimum Gasteiger partial charge on any atom is -0.485 e. The molecule has 0 aliphatic rings. The van der Waals surface area contributed by atoms with Crippen molar-refractivity contribution >= 4 is 11.6 Å². The molecule has 2 nitrogen and oxygen atoms in total. The summed E-state index contributed by atoms with van der Waals surface area (Å²) in [5.74, 6) is 0.768. The van der Waals surface area contributed by atoms with Crippen LogP contribution in [0.5, 0.6) is 5.75 Å². The van der Waals surface area contributed by atoms with E-state index in [0.717, 1.165) is 37.2 Å². The van der Waals surface area contributed by atoms with Crippen LogP contribution < -0.4 is 10.1 Å². The van der Waals surface area contributed by atoms with E-state index in [-0.39, 0.29) is 5.60 Å². The summed E-state index contributed by atoms with van der Waals surface area (Å²) >= 11 is 6.21. The lowest BCUT2D eigenvalue weighted by Crippen LogP contribution is -2.42. The van der Waals surface area contributed by atoms with Crippen molar-refractivity contribution in [1.82, 2.24) is 5.32 Å². The van der Waals surface area contributed by atoms with Crippen molar-refractivity contribution in [2.24, 2.45) is 0 Å². The summed E-state index contributed by atoms with van der Waals surface area (Å²) in [5.41, 5.74) is 0.934. The highest BCUT2D eigenvalue weighted by molar-refractivity contribution is 6.32. The van der Waals surface area contributed by atoms with E-state index in [9.17, 15) is 0 Å². The second-order valence-corrected chi connectivity index (χ2v) is 5.42. The van der Waals surface area contributed by atoms with Crippen molar-refractivity contribution in [2.75, 3.05) is 13.1 Å². The summed E-state index contributed by atoms with van der Waals surface area (Å²) in [4.78, 5) is 0. The number of hydrogen-bond acceptors (Lipinski definition) is 2. The summed E-state index contributed by atoms with van der Waals surface area (Å²) < 4.78 is 6.09. The molecule has 0 saturated carbocycles. The molecule has 0 radical (unpaired) electrons. The average molecular weight is 270 g/mol. The average Bonchev–Trinajstić information content (AvgIpc) is 2.33. The Bertz CT molecular complexity index is 381. The van der Waals surface area contributed by atoms with Crippen LogP contribution in [0, 0.1) is 6.92 Å². The van der Waals surface area contributed by atoms with Gasteiger partial charge in [0.15, 0.2) is 0 Å². The third kappa shape index (κ3) is 4.51. The Hall–Kier alpha value is -0.730. The maximum absolute atomic E-state index is 6.21. The molecule has 1 aromatic rings. The van der Waals surface area contributed by atoms with Gasteiger partial charge in [-0.05, 0) is 50.9 Å². The van der Waals surface area contributed by atoms with Gasteiger partial charge in [-0.2, -0.15) is 0 Å². The number of aryl methyl sites for hydroxylation is 1. The van der Waals surface area contributed by atoms with Crippen LogP contribution in [0.15, 0.2) is 18.2 Å². The predicted molar refractivity (Wildman–Crippen MR) is 78.7 cm³/mol. The van der Waals surface area contributed by atoms with E-state index < -0.39 is 0 Å². The lowest BCUT2D eigenvalue weighted by atomic mass is 10.0. The van der Waals surface area contributed by atoms with Crippen LogP contribution in [0.3, 0.4) is 0 Å². The summed E-state index contributed by atoms with van der Waals surface area (Å²) in [6.07, 6.45) is 2.07. The lowest BCUT2D eigenvalue weighted by Gasteiger charge is -2.30. The van der Waals surface area contributed by atoms with Crippen molar-refractivity contribution in [2.45, 2.75) is 46.1 Å². The van der Waals surface area contributed by atoms with Gasteiger partial charge in [-0.3, -0.25) is 0 Å². The van der Waals surface area contributed by atoms with E-state index in [4.69, 9.17) is 16.3 Å². The molecule has 0 aromatic heterocycles. The second kappa shape index (κ2) is 7.01. The van der Waals surface area contributed by atoms with Crippen LogP contribution in [-0.2, 0) is 0 Å². The Balaban J connectivity index is 2.71. The van der Waals surface area contributed by atoms with Gasteiger partial charge in [0.25, 0.3) is 0 Å². The number of ether oxygens (including phenoxy) is 1. The molecule has 3 heteroatoms. The molecule has 0 aliphatic heterocycles. The van der Waals surface area contributed by atoms with Gasteiger partial charge in [0, 0.05) is 6.54 Å². The zero-order valence-electron chi connectivity index (χ0n) is 11.8. The van der Waals surface area contributed by atoms with Crippen LogP contribution in [-0.4, -0.2) is 18.7 Å². The van der Waals surface area contributed by atoms with Crippen LogP contribution in [0.2, 0.25) is 5.02 Å². The normalized spacial score (nSPS) is 14.3. The van der Waals surface area contributed by atoms with E-state index >= 15 is 0 Å². The van der Waals surface area contributed by atoms with E-state index in [1.54, 1.807) is 0 Å². The highest BCUT2D eigenvalue weighted by Crippen LogP contribution is 2.29. The fraction of sp³-hybridized carbons (Fsp3) is 0.600. The first-order valence-electron chi connectivity index (χ1n) is 6.66. The van der Waals surface area contributed by atoms with Gasteiger partial charge >= 0.3 is 0 Å². The SMILES string of the molecule is CCCNCC(C)(CC)Oc1ccc(C)cc1Cl. The lowest BCUT2D eigenvalue weighted by molar-refractivity contribution is 0.0839. The maximum atomic E-state index is 6.21. The molecule has 0 fully saturated rings. The molecular weight excluding hydrogens is 246 g/mol. The number of rotatable bonds is 7. The second-order valence-electron chi connectivity index (χ2n) is 5.02. The smallest absolute Gasteiger partial charge is 0.138 e. The van der Waals surface area contributed by atoms with Crippen molar-refractivity contribution in [3.63, 3.8) is 0 Å². The van der Waals surface area contributed by atoms with E-state index in [1.165, 1.54) is 0 Å². The number of hydrogen-bond donors (Lipinski definition) is 1. The third-order valence-electron chi connectivity index (χ3n) is 3.12. The van der Waals surface area contributed by atoms with Gasteiger partial charge < -0.3 is 10.1 Å². The zero-order chi connectivity index (χ0) is 13.6. The minimum absolute atomic E-state index is 0.214. The van der Waals surface area contributed by atoms with E-state index in [0.29, 0.717) is 5.02 Å². The molecule has 0 heterocycles. The molecule has 102 valence electrons. The van der Waals surface area contributed by atoms with Gasteiger partial charge in [0.2, 0.25) is 0 Å². The highest BCUT2D eigenvalue weighted by Gasteiger charge is 2.24. The summed E-state index contributed by atoms with van der Waals surface area (Å²) in [5, 5.41) is 4.09. The standard InChI is InChI=1S/C15H24ClNO/c1-5-9-17-11-15(4,6-2)18-14-8-7-12(3)10-13(14)16/h7-8,10,17H,5-6,9,11H2,1-4H3. The van der Waals surface area contributed by atoms with Crippen molar-refractivity contribution in [3.8, 4) is 5.75 Å². The molecule has 0 amide bonds. The molecule has 18 heavy (non-hydrogen) atoms. The Morgan fingerprint density at radius 1 is 1.33 bits per heavy atom. The van der Waals surface area contributed by atoms with Crippen LogP contribution in [0.1, 0.15) is 39.2 Å². The predicted octanol–water partition coefficient (Wildman–Crippen LogP) is 4.20. The maximum Gasteiger partial charge on any atom is 0.138 e. The topological polar surface area (TPSA) is 21.3 Å². The molecule has 0 spiro atoms. The highest BCUT2D eigenvalue weighted by atomic mass is 35.5. The molecule has 1 rings (SSSR count). The van der Waals surface area contributed by atoms with Crippen LogP contribution >= 0.6 is 11.6 Å². The van der Waals surface area contributed by atoms with Crippen LogP contribution in [0.4, 0.5) is 0 Å². The molecule has 1 aromatic carbocycles. The first-order chi connectivity index (χ1) is 8.50. The number of benzene rings is 1. The number of nitrogens with one attached hydrogen (secondary N) is 1. The first kappa shape index (κ1) is 15.3. The molecule has 0 aliphatic carbocycles. The molecule has 1 atom stereocenters. The Labute approximate surface area is 116 Å². The minimum atomic E-state index is -0.214. The van der Waals surface area contributed by atoms with E-state index in [2.05, 4.69) is 26.1 Å². The van der Waals surface area contributed by atoms with Crippen molar-refractivity contribution < 1.29 is 4.74 Å². The quantitative estimate of drug-likeness (QED) is 0.749. The monoisotopic (exact) mass is 269 g/mol. The molecule has 0 bridgehead atoms. The van der Waals surface area contributed by atoms with Gasteiger partial charge in [-0.25, -0.2) is 0 Å². The van der Waals surface area contributed by atoms with Gasteiger partial charge in [-0.15, -0.1) is 0 Å². The Morgan fingerprint density at radius 2 is 2.06 bits per heavy atom. The molecule has 1 N–H and O–H groups in total. The van der Waals surface area contributed by atoms with Crippen LogP contribution in [0.25, 0.3) is 0 Å². The largest absolute Gasteiger partial charge is 0.485 e. The number of halogens is 1. The first-order valence-corrected chi connectivity index (χ1v) is 7.04. The van der Waals surface area contributed by atoms with Gasteiger partial charge in [0.1, 0.15) is 11.4 Å². The summed E-state index contributed by atoms with van der Waals surface area (Å²) in [6.45, 7) is 10.3. The summed E-state index contributed by atoms with van der Waals surface area (Å²) in [6, 6.07) is 5.91. The Morgan fingerprint density at radius 3 is 2.61 bits per heavy atom. The fourth-order valence-corrected chi connectivity index (χ4v) is 1.99.